The van der Waals surface area contributed by atoms with E-state index in [1.807, 2.05) is 11.6 Å². The summed E-state index contributed by atoms with van der Waals surface area (Å²) in [6.07, 6.45) is 1.16. The average molecular weight is 303 g/mol. The zero-order valence-corrected chi connectivity index (χ0v) is 12.1. The number of amides is 1. The minimum absolute atomic E-state index is 0.0315. The van der Waals surface area contributed by atoms with Gasteiger partial charge in [0.15, 0.2) is 0 Å². The summed E-state index contributed by atoms with van der Waals surface area (Å²) in [5, 5.41) is 2.56. The number of benzene rings is 1. The molecule has 0 spiro atoms. The summed E-state index contributed by atoms with van der Waals surface area (Å²) in [7, 11) is -3.59. The Bertz CT molecular complexity index is 590. The van der Waals surface area contributed by atoms with Crippen LogP contribution < -0.4 is 15.8 Å². The van der Waals surface area contributed by atoms with Gasteiger partial charge in [-0.15, -0.1) is 0 Å². The monoisotopic (exact) mass is 303 g/mol. The minimum atomic E-state index is -3.59. The molecule has 1 rings (SSSR count). The van der Waals surface area contributed by atoms with Gasteiger partial charge in [-0.25, -0.2) is 12.8 Å². The summed E-state index contributed by atoms with van der Waals surface area (Å²) in [6, 6.07) is 3.66. The predicted octanol–water partition coefficient (Wildman–Crippen LogP) is 1.12. The zero-order valence-electron chi connectivity index (χ0n) is 11.3. The number of rotatable bonds is 6. The van der Waals surface area contributed by atoms with Crippen LogP contribution in [-0.2, 0) is 14.8 Å². The molecule has 0 aromatic heterocycles. The van der Waals surface area contributed by atoms with E-state index in [0.29, 0.717) is 12.2 Å². The van der Waals surface area contributed by atoms with Crippen LogP contribution in [0.25, 0.3) is 0 Å². The molecule has 1 aromatic rings. The lowest BCUT2D eigenvalue weighted by molar-refractivity contribution is -0.116. The highest BCUT2D eigenvalue weighted by molar-refractivity contribution is 7.92. The molecule has 0 aliphatic heterocycles. The van der Waals surface area contributed by atoms with Gasteiger partial charge >= 0.3 is 0 Å². The van der Waals surface area contributed by atoms with Crippen LogP contribution in [-0.4, -0.2) is 27.1 Å². The molecule has 0 aliphatic carbocycles. The third-order valence-corrected chi connectivity index (χ3v) is 3.07. The molecule has 20 heavy (non-hydrogen) atoms. The largest absolute Gasteiger partial charge is 0.330 e. The molecule has 112 valence electrons. The highest BCUT2D eigenvalue weighted by Gasteiger charge is 2.11. The van der Waals surface area contributed by atoms with E-state index < -0.39 is 15.8 Å². The van der Waals surface area contributed by atoms with Gasteiger partial charge < -0.3 is 11.1 Å². The van der Waals surface area contributed by atoms with Crippen molar-refractivity contribution in [1.82, 2.24) is 0 Å². The SMILES string of the molecule is CC(CN)CC(=O)Nc1ccc(F)c(NS(C)(=O)=O)c1. The molecule has 0 bridgehead atoms. The predicted molar refractivity (Wildman–Crippen MR) is 76.3 cm³/mol. The maximum atomic E-state index is 13.4. The molecule has 8 heteroatoms. The van der Waals surface area contributed by atoms with Crippen LogP contribution in [0.5, 0.6) is 0 Å². The van der Waals surface area contributed by atoms with Gasteiger partial charge in [0.1, 0.15) is 5.82 Å². The highest BCUT2D eigenvalue weighted by atomic mass is 32.2. The van der Waals surface area contributed by atoms with Crippen LogP contribution in [0.15, 0.2) is 18.2 Å². The molecule has 1 amide bonds. The van der Waals surface area contributed by atoms with Crippen molar-refractivity contribution >= 4 is 27.3 Å². The molecule has 4 N–H and O–H groups in total. The van der Waals surface area contributed by atoms with Crippen LogP contribution in [0, 0.1) is 11.7 Å². The molecule has 0 heterocycles. The second kappa shape index (κ2) is 6.67. The van der Waals surface area contributed by atoms with Crippen molar-refractivity contribution < 1.29 is 17.6 Å². The van der Waals surface area contributed by atoms with Crippen molar-refractivity contribution in [2.45, 2.75) is 13.3 Å². The Morgan fingerprint density at radius 3 is 2.65 bits per heavy atom. The number of carbonyl (C=O) groups is 1. The van der Waals surface area contributed by atoms with Gasteiger partial charge in [0.2, 0.25) is 15.9 Å². The van der Waals surface area contributed by atoms with Gasteiger partial charge in [0.25, 0.3) is 0 Å². The Labute approximate surface area is 117 Å². The molecule has 1 atom stereocenters. The number of carbonyl (C=O) groups excluding carboxylic acids is 1. The van der Waals surface area contributed by atoms with Crippen molar-refractivity contribution in [3.63, 3.8) is 0 Å². The van der Waals surface area contributed by atoms with E-state index in [0.717, 1.165) is 12.3 Å². The molecule has 0 saturated carbocycles. The van der Waals surface area contributed by atoms with Crippen molar-refractivity contribution in [2.24, 2.45) is 11.7 Å². The number of sulfonamides is 1. The third kappa shape index (κ3) is 5.54. The summed E-state index contributed by atoms with van der Waals surface area (Å²) in [5.74, 6) is -0.951. The van der Waals surface area contributed by atoms with Gasteiger partial charge in [0.05, 0.1) is 11.9 Å². The summed E-state index contributed by atoms with van der Waals surface area (Å²) in [4.78, 5) is 11.7. The van der Waals surface area contributed by atoms with E-state index in [9.17, 15) is 17.6 Å². The minimum Gasteiger partial charge on any atom is -0.330 e. The van der Waals surface area contributed by atoms with Crippen LogP contribution in [0.2, 0.25) is 0 Å². The third-order valence-electron chi connectivity index (χ3n) is 2.48. The smallest absolute Gasteiger partial charge is 0.229 e. The molecular formula is C12H18FN3O3S. The molecule has 0 aliphatic rings. The molecule has 0 fully saturated rings. The number of halogens is 1. The molecule has 1 unspecified atom stereocenters. The fourth-order valence-corrected chi connectivity index (χ4v) is 2.05. The lowest BCUT2D eigenvalue weighted by atomic mass is 10.1. The Morgan fingerprint density at radius 2 is 2.10 bits per heavy atom. The molecule has 1 aromatic carbocycles. The van der Waals surface area contributed by atoms with Crippen molar-refractivity contribution in [1.29, 1.82) is 0 Å². The van der Waals surface area contributed by atoms with Gasteiger partial charge in [0, 0.05) is 12.1 Å². The Hall–Kier alpha value is -1.67. The van der Waals surface area contributed by atoms with E-state index in [-0.39, 0.29) is 23.9 Å². The second-order valence-electron chi connectivity index (χ2n) is 4.66. The van der Waals surface area contributed by atoms with Gasteiger partial charge in [-0.1, -0.05) is 6.92 Å². The Kier molecular flexibility index (Phi) is 5.46. The van der Waals surface area contributed by atoms with Gasteiger partial charge in [-0.2, -0.15) is 0 Å². The highest BCUT2D eigenvalue weighted by Crippen LogP contribution is 2.20. The van der Waals surface area contributed by atoms with Gasteiger partial charge in [-0.05, 0) is 30.7 Å². The number of anilines is 2. The molecule has 0 saturated heterocycles. The lowest BCUT2D eigenvalue weighted by Gasteiger charge is -2.11. The van der Waals surface area contributed by atoms with Gasteiger partial charge in [-0.3, -0.25) is 9.52 Å². The first-order valence-electron chi connectivity index (χ1n) is 5.98. The van der Waals surface area contributed by atoms with Crippen LogP contribution in [0.3, 0.4) is 0 Å². The lowest BCUT2D eigenvalue weighted by Crippen LogP contribution is -2.20. The summed E-state index contributed by atoms with van der Waals surface area (Å²) < 4.78 is 37.7. The first kappa shape index (κ1) is 16.4. The topological polar surface area (TPSA) is 101 Å². The number of hydrogen-bond donors (Lipinski definition) is 3. The van der Waals surface area contributed by atoms with Crippen molar-refractivity contribution in [3.8, 4) is 0 Å². The standard InChI is InChI=1S/C12H18FN3O3S/c1-8(7-14)5-12(17)15-9-3-4-10(13)11(6-9)16-20(2,18)19/h3-4,6,8,16H,5,7,14H2,1-2H3,(H,15,17). The van der Waals surface area contributed by atoms with Crippen molar-refractivity contribution in [3.05, 3.63) is 24.0 Å². The maximum Gasteiger partial charge on any atom is 0.229 e. The molecule has 0 radical (unpaired) electrons. The van der Waals surface area contributed by atoms with E-state index in [2.05, 4.69) is 5.32 Å². The first-order valence-corrected chi connectivity index (χ1v) is 7.87. The van der Waals surface area contributed by atoms with Crippen LogP contribution >= 0.6 is 0 Å². The van der Waals surface area contributed by atoms with E-state index in [1.54, 1.807) is 0 Å². The fourth-order valence-electron chi connectivity index (χ4n) is 1.49. The quantitative estimate of drug-likeness (QED) is 0.733. The second-order valence-corrected chi connectivity index (χ2v) is 6.41. The zero-order chi connectivity index (χ0) is 15.3. The summed E-state index contributed by atoms with van der Waals surface area (Å²) in [5.41, 5.74) is 5.52. The Morgan fingerprint density at radius 1 is 1.45 bits per heavy atom. The van der Waals surface area contributed by atoms with Crippen molar-refractivity contribution in [2.75, 3.05) is 22.8 Å². The summed E-state index contributed by atoms with van der Waals surface area (Å²) >= 11 is 0. The normalized spacial score (nSPS) is 12.8. The fraction of sp³-hybridized carbons (Fsp3) is 0.417. The molecule has 6 nitrogen and oxygen atoms in total. The number of nitrogens with one attached hydrogen (secondary N) is 2. The van der Waals surface area contributed by atoms with E-state index in [4.69, 9.17) is 5.73 Å². The Balaban J connectivity index is 2.82. The number of hydrogen-bond acceptors (Lipinski definition) is 4. The molecular weight excluding hydrogens is 285 g/mol. The van der Waals surface area contributed by atoms with Crippen LogP contribution in [0.1, 0.15) is 13.3 Å². The number of nitrogens with two attached hydrogens (primary N) is 1. The van der Waals surface area contributed by atoms with E-state index in [1.165, 1.54) is 12.1 Å². The van der Waals surface area contributed by atoms with Crippen LogP contribution in [0.4, 0.5) is 15.8 Å². The first-order chi connectivity index (χ1) is 9.21. The van der Waals surface area contributed by atoms with E-state index >= 15 is 0 Å². The maximum absolute atomic E-state index is 13.4. The summed E-state index contributed by atoms with van der Waals surface area (Å²) in [6.45, 7) is 2.22. The average Bonchev–Trinajstić information content (AvgIpc) is 2.31.